The van der Waals surface area contributed by atoms with Crippen LogP contribution in [0.1, 0.15) is 25.3 Å². The van der Waals surface area contributed by atoms with Gasteiger partial charge in [0.25, 0.3) is 0 Å². The number of nitrogens with zero attached hydrogens (tertiary/aromatic N) is 1. The molecule has 1 saturated carbocycles. The molecular weight excluding hydrogens is 236 g/mol. The average Bonchev–Trinajstić information content (AvgIpc) is 3.17. The third-order valence-corrected chi connectivity index (χ3v) is 3.76. The SMILES string of the molecule is CCOc1ccc2c(c1)c(CCNC1CC1)cn2C. The van der Waals surface area contributed by atoms with Crippen LogP contribution in [-0.4, -0.2) is 23.8 Å². The predicted octanol–water partition coefficient (Wildman–Crippen LogP) is 2.87. The standard InChI is InChI=1S/C16H22N2O/c1-3-19-14-6-7-16-15(10-14)12(11-18(16)2)8-9-17-13-4-5-13/h6-7,10-11,13,17H,3-5,8-9H2,1-2H3. The summed E-state index contributed by atoms with van der Waals surface area (Å²) < 4.78 is 7.81. The molecule has 1 aliphatic carbocycles. The van der Waals surface area contributed by atoms with E-state index in [1.165, 1.54) is 29.3 Å². The molecule has 0 bridgehead atoms. The first kappa shape index (κ1) is 12.5. The van der Waals surface area contributed by atoms with Gasteiger partial charge < -0.3 is 14.6 Å². The highest BCUT2D eigenvalue weighted by atomic mass is 16.5. The number of aromatic nitrogens is 1. The fraction of sp³-hybridized carbons (Fsp3) is 0.500. The zero-order valence-corrected chi connectivity index (χ0v) is 11.8. The number of ether oxygens (including phenoxy) is 1. The van der Waals surface area contributed by atoms with Gasteiger partial charge in [0.05, 0.1) is 6.61 Å². The number of hydrogen-bond acceptors (Lipinski definition) is 2. The van der Waals surface area contributed by atoms with Gasteiger partial charge in [-0.15, -0.1) is 0 Å². The zero-order valence-electron chi connectivity index (χ0n) is 11.8. The second-order valence-corrected chi connectivity index (χ2v) is 5.36. The largest absolute Gasteiger partial charge is 0.494 e. The Morgan fingerprint density at radius 1 is 1.37 bits per heavy atom. The third kappa shape index (κ3) is 2.76. The van der Waals surface area contributed by atoms with E-state index in [4.69, 9.17) is 4.74 Å². The smallest absolute Gasteiger partial charge is 0.120 e. The van der Waals surface area contributed by atoms with E-state index >= 15 is 0 Å². The number of nitrogens with one attached hydrogen (secondary N) is 1. The normalized spacial score (nSPS) is 15.1. The number of aryl methyl sites for hydroxylation is 1. The van der Waals surface area contributed by atoms with Crippen molar-refractivity contribution in [1.29, 1.82) is 0 Å². The first-order chi connectivity index (χ1) is 9.28. The maximum atomic E-state index is 5.61. The Morgan fingerprint density at radius 3 is 2.95 bits per heavy atom. The Kier molecular flexibility index (Phi) is 3.47. The van der Waals surface area contributed by atoms with Crippen molar-refractivity contribution in [1.82, 2.24) is 9.88 Å². The summed E-state index contributed by atoms with van der Waals surface area (Å²) in [6.45, 7) is 3.81. The molecule has 0 aliphatic heterocycles. The highest BCUT2D eigenvalue weighted by Crippen LogP contribution is 2.26. The van der Waals surface area contributed by atoms with Crippen LogP contribution in [0.2, 0.25) is 0 Å². The van der Waals surface area contributed by atoms with E-state index in [-0.39, 0.29) is 0 Å². The van der Waals surface area contributed by atoms with Gasteiger partial charge in [-0.2, -0.15) is 0 Å². The van der Waals surface area contributed by atoms with Crippen molar-refractivity contribution >= 4 is 10.9 Å². The summed E-state index contributed by atoms with van der Waals surface area (Å²) in [4.78, 5) is 0. The summed E-state index contributed by atoms with van der Waals surface area (Å²) >= 11 is 0. The number of hydrogen-bond donors (Lipinski definition) is 1. The zero-order chi connectivity index (χ0) is 13.2. The summed E-state index contributed by atoms with van der Waals surface area (Å²) in [5.74, 6) is 0.970. The summed E-state index contributed by atoms with van der Waals surface area (Å²) in [7, 11) is 2.11. The molecule has 0 unspecified atom stereocenters. The van der Waals surface area contributed by atoms with Gasteiger partial charge in [-0.1, -0.05) is 0 Å². The summed E-state index contributed by atoms with van der Waals surface area (Å²) in [5.41, 5.74) is 2.69. The highest BCUT2D eigenvalue weighted by molar-refractivity contribution is 5.85. The monoisotopic (exact) mass is 258 g/mol. The van der Waals surface area contributed by atoms with Gasteiger partial charge in [0.15, 0.2) is 0 Å². The summed E-state index contributed by atoms with van der Waals surface area (Å²) in [5, 5.41) is 4.90. The van der Waals surface area contributed by atoms with Gasteiger partial charge >= 0.3 is 0 Å². The van der Waals surface area contributed by atoms with E-state index in [2.05, 4.69) is 41.3 Å². The van der Waals surface area contributed by atoms with Gasteiger partial charge in [0.2, 0.25) is 0 Å². The van der Waals surface area contributed by atoms with Crippen molar-refractivity contribution in [3.8, 4) is 5.75 Å². The molecule has 0 radical (unpaired) electrons. The quantitative estimate of drug-likeness (QED) is 0.862. The maximum Gasteiger partial charge on any atom is 0.120 e. The van der Waals surface area contributed by atoms with Crippen LogP contribution in [0.4, 0.5) is 0 Å². The molecular formula is C16H22N2O. The molecule has 1 N–H and O–H groups in total. The average molecular weight is 258 g/mol. The third-order valence-electron chi connectivity index (χ3n) is 3.76. The topological polar surface area (TPSA) is 26.2 Å². The van der Waals surface area contributed by atoms with E-state index in [0.29, 0.717) is 0 Å². The molecule has 19 heavy (non-hydrogen) atoms. The first-order valence-electron chi connectivity index (χ1n) is 7.22. The van der Waals surface area contributed by atoms with Crippen LogP contribution in [0, 0.1) is 0 Å². The molecule has 3 nitrogen and oxygen atoms in total. The lowest BCUT2D eigenvalue weighted by atomic mass is 10.1. The molecule has 102 valence electrons. The lowest BCUT2D eigenvalue weighted by molar-refractivity contribution is 0.340. The van der Waals surface area contributed by atoms with E-state index in [1.54, 1.807) is 0 Å². The Labute approximate surface area is 114 Å². The van der Waals surface area contributed by atoms with Gasteiger partial charge in [-0.3, -0.25) is 0 Å². The van der Waals surface area contributed by atoms with Crippen molar-refractivity contribution in [3.05, 3.63) is 30.0 Å². The second-order valence-electron chi connectivity index (χ2n) is 5.36. The Bertz CT molecular complexity index is 569. The van der Waals surface area contributed by atoms with Crippen molar-refractivity contribution in [2.75, 3.05) is 13.2 Å². The first-order valence-corrected chi connectivity index (χ1v) is 7.22. The van der Waals surface area contributed by atoms with Crippen molar-refractivity contribution in [3.63, 3.8) is 0 Å². The Balaban J connectivity index is 1.81. The molecule has 0 amide bonds. The minimum atomic E-state index is 0.719. The van der Waals surface area contributed by atoms with Crippen molar-refractivity contribution in [2.24, 2.45) is 7.05 Å². The van der Waals surface area contributed by atoms with Gasteiger partial charge in [0.1, 0.15) is 5.75 Å². The van der Waals surface area contributed by atoms with Crippen LogP contribution in [0.3, 0.4) is 0 Å². The molecule has 1 aromatic carbocycles. The number of rotatable bonds is 6. The fourth-order valence-electron chi connectivity index (χ4n) is 2.61. The van der Waals surface area contributed by atoms with Gasteiger partial charge in [-0.25, -0.2) is 0 Å². The second kappa shape index (κ2) is 5.25. The van der Waals surface area contributed by atoms with Crippen LogP contribution in [0.25, 0.3) is 10.9 Å². The predicted molar refractivity (Wildman–Crippen MR) is 78.8 cm³/mol. The van der Waals surface area contributed by atoms with Crippen molar-refractivity contribution in [2.45, 2.75) is 32.2 Å². The summed E-state index contributed by atoms with van der Waals surface area (Å²) in [6.07, 6.45) is 6.03. The molecule has 0 spiro atoms. The maximum absolute atomic E-state index is 5.61. The minimum absolute atomic E-state index is 0.719. The lowest BCUT2D eigenvalue weighted by Crippen LogP contribution is -2.19. The van der Waals surface area contributed by atoms with Crippen LogP contribution in [-0.2, 0) is 13.5 Å². The van der Waals surface area contributed by atoms with E-state index < -0.39 is 0 Å². The van der Waals surface area contributed by atoms with Gasteiger partial charge in [0, 0.05) is 30.2 Å². The Morgan fingerprint density at radius 2 is 2.21 bits per heavy atom. The van der Waals surface area contributed by atoms with Crippen molar-refractivity contribution < 1.29 is 4.74 Å². The Hall–Kier alpha value is -1.48. The van der Waals surface area contributed by atoms with Crippen LogP contribution >= 0.6 is 0 Å². The van der Waals surface area contributed by atoms with Crippen LogP contribution in [0.5, 0.6) is 5.75 Å². The number of benzene rings is 1. The highest BCUT2D eigenvalue weighted by Gasteiger charge is 2.19. The molecule has 1 fully saturated rings. The minimum Gasteiger partial charge on any atom is -0.494 e. The van der Waals surface area contributed by atoms with E-state index in [1.807, 2.05) is 6.92 Å². The molecule has 3 heteroatoms. The molecule has 1 aromatic heterocycles. The molecule has 0 atom stereocenters. The lowest BCUT2D eigenvalue weighted by Gasteiger charge is -2.05. The summed E-state index contributed by atoms with van der Waals surface area (Å²) in [6, 6.07) is 7.16. The van der Waals surface area contributed by atoms with Crippen LogP contribution < -0.4 is 10.1 Å². The van der Waals surface area contributed by atoms with E-state index in [9.17, 15) is 0 Å². The molecule has 1 aliphatic rings. The number of fused-ring (bicyclic) bond motifs is 1. The molecule has 1 heterocycles. The molecule has 2 aromatic rings. The molecule has 3 rings (SSSR count). The van der Waals surface area contributed by atoms with E-state index in [0.717, 1.165) is 31.4 Å². The fourth-order valence-corrected chi connectivity index (χ4v) is 2.61. The van der Waals surface area contributed by atoms with Crippen LogP contribution in [0.15, 0.2) is 24.4 Å². The van der Waals surface area contributed by atoms with Gasteiger partial charge in [-0.05, 0) is 56.5 Å². The molecule has 0 saturated heterocycles.